The summed E-state index contributed by atoms with van der Waals surface area (Å²) in [5, 5.41) is 12.1. The molecular weight excluding hydrogens is 249 g/mol. The molecule has 106 valence electrons. The monoisotopic (exact) mass is 268 g/mol. The first kappa shape index (κ1) is 15.1. The summed E-state index contributed by atoms with van der Waals surface area (Å²) in [6.07, 6.45) is -5.56. The van der Waals surface area contributed by atoms with E-state index in [-0.39, 0.29) is 25.0 Å². The maximum Gasteiger partial charge on any atom is 0.417 e. The van der Waals surface area contributed by atoms with Crippen LogP contribution in [0.2, 0.25) is 0 Å². The summed E-state index contributed by atoms with van der Waals surface area (Å²) >= 11 is 0. The van der Waals surface area contributed by atoms with E-state index in [4.69, 9.17) is 0 Å². The minimum absolute atomic E-state index is 0.0834. The highest BCUT2D eigenvalue weighted by Crippen LogP contribution is 2.38. The summed E-state index contributed by atoms with van der Waals surface area (Å²) in [7, 11) is 0. The number of piperidine rings is 1. The van der Waals surface area contributed by atoms with Crippen LogP contribution >= 0.6 is 0 Å². The molecule has 1 heterocycles. The van der Waals surface area contributed by atoms with Crippen LogP contribution in [0, 0.1) is 5.92 Å². The van der Waals surface area contributed by atoms with E-state index in [1.54, 1.807) is 0 Å². The molecule has 1 saturated heterocycles. The van der Waals surface area contributed by atoms with Crippen LogP contribution in [0.3, 0.4) is 0 Å². The van der Waals surface area contributed by atoms with E-state index >= 15 is 0 Å². The van der Waals surface area contributed by atoms with Crippen molar-refractivity contribution in [3.8, 4) is 0 Å². The average molecular weight is 268 g/mol. The van der Waals surface area contributed by atoms with E-state index < -0.39 is 24.6 Å². The molecule has 2 amide bonds. The lowest BCUT2D eigenvalue weighted by Crippen LogP contribution is -2.56. The number of hydrogen-bond donors (Lipinski definition) is 2. The molecule has 0 atom stereocenters. The second-order valence-electron chi connectivity index (χ2n) is 5.10. The van der Waals surface area contributed by atoms with Crippen molar-refractivity contribution in [2.24, 2.45) is 5.92 Å². The fraction of sp³-hybridized carbons (Fsp3) is 0.909. The zero-order chi connectivity index (χ0) is 14.0. The molecule has 0 aromatic rings. The maximum absolute atomic E-state index is 12.5. The molecule has 0 aliphatic carbocycles. The van der Waals surface area contributed by atoms with Gasteiger partial charge in [-0.15, -0.1) is 0 Å². The summed E-state index contributed by atoms with van der Waals surface area (Å²) in [5.74, 6) is 0.283. The normalized spacial score (nSPS) is 20.1. The lowest BCUT2D eigenvalue weighted by Gasteiger charge is -2.39. The Balaban J connectivity index is 2.46. The van der Waals surface area contributed by atoms with Crippen molar-refractivity contribution >= 4 is 6.03 Å². The summed E-state index contributed by atoms with van der Waals surface area (Å²) in [4.78, 5) is 12.9. The van der Waals surface area contributed by atoms with E-state index in [2.05, 4.69) is 5.32 Å². The molecule has 1 aliphatic rings. The van der Waals surface area contributed by atoms with Gasteiger partial charge in [0, 0.05) is 32.5 Å². The molecule has 1 fully saturated rings. The van der Waals surface area contributed by atoms with Gasteiger partial charge >= 0.3 is 12.2 Å². The highest BCUT2D eigenvalue weighted by Gasteiger charge is 2.54. The molecule has 0 spiro atoms. The van der Waals surface area contributed by atoms with Gasteiger partial charge in [-0.2, -0.15) is 13.2 Å². The lowest BCUT2D eigenvalue weighted by molar-refractivity contribution is -0.271. The lowest BCUT2D eigenvalue weighted by atomic mass is 9.91. The largest absolute Gasteiger partial charge is 0.417 e. The van der Waals surface area contributed by atoms with Crippen molar-refractivity contribution in [2.45, 2.75) is 38.5 Å². The Morgan fingerprint density at radius 2 is 1.89 bits per heavy atom. The minimum atomic E-state index is -4.63. The van der Waals surface area contributed by atoms with E-state index in [1.807, 2.05) is 13.8 Å². The number of aliphatic hydroxyl groups is 1. The number of rotatable bonds is 2. The fourth-order valence-electron chi connectivity index (χ4n) is 1.77. The SMILES string of the molecule is CC(C)CNC(=O)N1CCC(O)(C(F)(F)F)CC1. The second-order valence-corrected chi connectivity index (χ2v) is 5.10. The number of carbonyl (C=O) groups is 1. The van der Waals surface area contributed by atoms with Crippen molar-refractivity contribution < 1.29 is 23.1 Å². The van der Waals surface area contributed by atoms with E-state index in [0.29, 0.717) is 6.54 Å². The number of nitrogens with zero attached hydrogens (tertiary/aromatic N) is 1. The molecule has 0 radical (unpaired) electrons. The molecule has 1 rings (SSSR count). The third-order valence-electron chi connectivity index (χ3n) is 3.07. The van der Waals surface area contributed by atoms with Gasteiger partial charge in [0.1, 0.15) is 0 Å². The summed E-state index contributed by atoms with van der Waals surface area (Å²) in [5.41, 5.74) is -2.65. The first-order chi connectivity index (χ1) is 8.16. The van der Waals surface area contributed by atoms with Crippen LogP contribution in [0.25, 0.3) is 0 Å². The predicted molar refractivity (Wildman–Crippen MR) is 60.0 cm³/mol. The van der Waals surface area contributed by atoms with Gasteiger partial charge in [0.05, 0.1) is 0 Å². The summed E-state index contributed by atoms with van der Waals surface area (Å²) in [6, 6.07) is -0.368. The van der Waals surface area contributed by atoms with Crippen LogP contribution in [0.5, 0.6) is 0 Å². The first-order valence-electron chi connectivity index (χ1n) is 5.97. The molecule has 0 aromatic heterocycles. The number of nitrogens with one attached hydrogen (secondary N) is 1. The first-order valence-corrected chi connectivity index (χ1v) is 5.97. The van der Waals surface area contributed by atoms with E-state index in [0.717, 1.165) is 0 Å². The van der Waals surface area contributed by atoms with Gasteiger partial charge in [-0.3, -0.25) is 0 Å². The zero-order valence-corrected chi connectivity index (χ0v) is 10.5. The highest BCUT2D eigenvalue weighted by atomic mass is 19.4. The predicted octanol–water partition coefficient (Wildman–Crippen LogP) is 1.74. The molecular formula is C11H19F3N2O2. The molecule has 7 heteroatoms. The molecule has 18 heavy (non-hydrogen) atoms. The Hall–Kier alpha value is -0.980. The van der Waals surface area contributed by atoms with Crippen LogP contribution < -0.4 is 5.32 Å². The van der Waals surface area contributed by atoms with Gasteiger partial charge in [0.15, 0.2) is 5.60 Å². The van der Waals surface area contributed by atoms with E-state index in [1.165, 1.54) is 4.90 Å². The minimum Gasteiger partial charge on any atom is -0.380 e. The van der Waals surface area contributed by atoms with Gasteiger partial charge in [-0.1, -0.05) is 13.8 Å². The van der Waals surface area contributed by atoms with Crippen molar-refractivity contribution in [2.75, 3.05) is 19.6 Å². The fourth-order valence-corrected chi connectivity index (χ4v) is 1.77. The molecule has 0 saturated carbocycles. The third-order valence-corrected chi connectivity index (χ3v) is 3.07. The van der Waals surface area contributed by atoms with Crippen molar-refractivity contribution in [1.29, 1.82) is 0 Å². The number of amides is 2. The Morgan fingerprint density at radius 1 is 1.39 bits per heavy atom. The van der Waals surface area contributed by atoms with Crippen LogP contribution in [-0.4, -0.2) is 47.4 Å². The van der Waals surface area contributed by atoms with Gasteiger partial charge in [-0.25, -0.2) is 4.79 Å². The van der Waals surface area contributed by atoms with E-state index in [9.17, 15) is 23.1 Å². The Kier molecular flexibility index (Phi) is 4.47. The molecule has 4 nitrogen and oxygen atoms in total. The summed E-state index contributed by atoms with van der Waals surface area (Å²) in [6.45, 7) is 4.18. The average Bonchev–Trinajstić information content (AvgIpc) is 2.25. The molecule has 0 bridgehead atoms. The number of alkyl halides is 3. The summed E-state index contributed by atoms with van der Waals surface area (Å²) < 4.78 is 37.6. The number of urea groups is 1. The quantitative estimate of drug-likeness (QED) is 0.801. The maximum atomic E-state index is 12.5. The molecule has 2 N–H and O–H groups in total. The third kappa shape index (κ3) is 3.51. The van der Waals surface area contributed by atoms with Crippen molar-refractivity contribution in [1.82, 2.24) is 10.2 Å². The number of hydrogen-bond acceptors (Lipinski definition) is 2. The number of likely N-dealkylation sites (tertiary alicyclic amines) is 1. The van der Waals surface area contributed by atoms with Crippen LogP contribution in [0.4, 0.5) is 18.0 Å². The molecule has 0 aromatic carbocycles. The standard InChI is InChI=1S/C11H19F3N2O2/c1-8(2)7-15-9(17)16-5-3-10(18,4-6-16)11(12,13)14/h8,18H,3-7H2,1-2H3,(H,15,17). The van der Waals surface area contributed by atoms with Gasteiger partial charge < -0.3 is 15.3 Å². The van der Waals surface area contributed by atoms with Gasteiger partial charge in [0.2, 0.25) is 0 Å². The van der Waals surface area contributed by atoms with Crippen LogP contribution in [0.15, 0.2) is 0 Å². The Bertz CT molecular complexity index is 297. The van der Waals surface area contributed by atoms with Crippen LogP contribution in [0.1, 0.15) is 26.7 Å². The second kappa shape index (κ2) is 5.34. The zero-order valence-electron chi connectivity index (χ0n) is 10.5. The van der Waals surface area contributed by atoms with Crippen molar-refractivity contribution in [3.63, 3.8) is 0 Å². The van der Waals surface area contributed by atoms with Crippen LogP contribution in [-0.2, 0) is 0 Å². The number of carbonyl (C=O) groups excluding carboxylic acids is 1. The Labute approximate surface area is 104 Å². The van der Waals surface area contributed by atoms with Crippen molar-refractivity contribution in [3.05, 3.63) is 0 Å². The molecule has 1 aliphatic heterocycles. The van der Waals surface area contributed by atoms with Gasteiger partial charge in [-0.05, 0) is 5.92 Å². The Morgan fingerprint density at radius 3 is 2.28 bits per heavy atom. The topological polar surface area (TPSA) is 52.6 Å². The molecule has 0 unspecified atom stereocenters. The van der Waals surface area contributed by atoms with Gasteiger partial charge in [0.25, 0.3) is 0 Å². The smallest absolute Gasteiger partial charge is 0.380 e. The highest BCUT2D eigenvalue weighted by molar-refractivity contribution is 5.74. The number of halogens is 3.